The Kier molecular flexibility index (Phi) is 4.79. The topological polar surface area (TPSA) is 57.5 Å². The van der Waals surface area contributed by atoms with Crippen LogP contribution in [0.3, 0.4) is 0 Å². The zero-order valence-electron chi connectivity index (χ0n) is 13.2. The van der Waals surface area contributed by atoms with Crippen LogP contribution in [-0.4, -0.2) is 34.2 Å². The number of carbonyl (C=O) groups excluding carboxylic acids is 2. The molecule has 0 aliphatic rings. The van der Waals surface area contributed by atoms with Gasteiger partial charge in [-0.15, -0.1) is 0 Å². The van der Waals surface area contributed by atoms with Gasteiger partial charge in [-0.05, 0) is 54.9 Å². The van der Waals surface area contributed by atoms with Gasteiger partial charge in [0.1, 0.15) is 11.4 Å². The predicted molar refractivity (Wildman–Crippen MR) is 88.3 cm³/mol. The molecule has 23 heavy (non-hydrogen) atoms. The Labute approximate surface area is 141 Å². The number of carbonyl (C=O) groups is 2. The molecule has 1 atom stereocenters. The Morgan fingerprint density at radius 3 is 2.48 bits per heavy atom. The summed E-state index contributed by atoms with van der Waals surface area (Å²) >= 11 is 2.62. The second-order valence-corrected chi connectivity index (χ2v) is 6.75. The van der Waals surface area contributed by atoms with Crippen molar-refractivity contribution in [1.82, 2.24) is 4.57 Å². The van der Waals surface area contributed by atoms with Gasteiger partial charge in [0.25, 0.3) is 0 Å². The quantitative estimate of drug-likeness (QED) is 0.583. The normalized spacial score (nSPS) is 13.0. The molecule has 1 heterocycles. The van der Waals surface area contributed by atoms with Crippen molar-refractivity contribution >= 4 is 38.7 Å². The standard InChI is InChI=1S/C16H17BrFNO4/c1-16(2,3)23-15(21)19-8-11(13(20)14(17)18)10-7-9(22-4)5-6-12(10)19/h5-8,14H,1-4H3. The fourth-order valence-corrected chi connectivity index (χ4v) is 2.36. The van der Waals surface area contributed by atoms with E-state index in [-0.39, 0.29) is 5.56 Å². The Morgan fingerprint density at radius 1 is 1.30 bits per heavy atom. The summed E-state index contributed by atoms with van der Waals surface area (Å²) in [6.45, 7) is 5.21. The molecule has 0 N–H and O–H groups in total. The summed E-state index contributed by atoms with van der Waals surface area (Å²) in [6, 6.07) is 4.85. The minimum atomic E-state index is -1.86. The minimum absolute atomic E-state index is 0.0779. The number of aromatic nitrogens is 1. The SMILES string of the molecule is COc1ccc2c(c1)c(C(=O)C(F)Br)cn2C(=O)OC(C)(C)C. The Morgan fingerprint density at radius 2 is 1.96 bits per heavy atom. The van der Waals surface area contributed by atoms with Gasteiger partial charge in [0.2, 0.25) is 10.9 Å². The van der Waals surface area contributed by atoms with E-state index in [1.165, 1.54) is 17.9 Å². The van der Waals surface area contributed by atoms with E-state index in [4.69, 9.17) is 9.47 Å². The van der Waals surface area contributed by atoms with E-state index in [1.54, 1.807) is 39.0 Å². The highest BCUT2D eigenvalue weighted by Crippen LogP contribution is 2.29. The monoisotopic (exact) mass is 385 g/mol. The molecule has 0 aliphatic heterocycles. The van der Waals surface area contributed by atoms with E-state index in [1.807, 2.05) is 0 Å². The van der Waals surface area contributed by atoms with Crippen molar-refractivity contribution in [3.8, 4) is 5.75 Å². The first-order valence-electron chi connectivity index (χ1n) is 6.89. The Balaban J connectivity index is 2.62. The number of benzene rings is 1. The molecule has 5 nitrogen and oxygen atoms in total. The number of rotatable bonds is 3. The van der Waals surface area contributed by atoms with Gasteiger partial charge < -0.3 is 9.47 Å². The van der Waals surface area contributed by atoms with E-state index in [9.17, 15) is 14.0 Å². The lowest BCUT2D eigenvalue weighted by atomic mass is 10.1. The van der Waals surface area contributed by atoms with Crippen molar-refractivity contribution in [1.29, 1.82) is 0 Å². The lowest BCUT2D eigenvalue weighted by Crippen LogP contribution is -2.26. The fraction of sp³-hybridized carbons (Fsp3) is 0.375. The average molecular weight is 386 g/mol. The predicted octanol–water partition coefficient (Wildman–Crippen LogP) is 4.31. The fourth-order valence-electron chi connectivity index (χ4n) is 2.11. The average Bonchev–Trinajstić information content (AvgIpc) is 2.83. The molecule has 0 aliphatic carbocycles. The summed E-state index contributed by atoms with van der Waals surface area (Å²) in [5.41, 5.74) is -0.173. The third kappa shape index (κ3) is 3.72. The molecule has 0 saturated heterocycles. The summed E-state index contributed by atoms with van der Waals surface area (Å²) in [6.07, 6.45) is 0.644. The van der Waals surface area contributed by atoms with Crippen molar-refractivity contribution in [3.05, 3.63) is 30.0 Å². The molecule has 0 bridgehead atoms. The first-order chi connectivity index (χ1) is 10.6. The molecule has 0 radical (unpaired) electrons. The maximum absolute atomic E-state index is 13.4. The number of ketones is 1. The van der Waals surface area contributed by atoms with Crippen molar-refractivity contribution in [2.75, 3.05) is 7.11 Å². The first kappa shape index (κ1) is 17.5. The van der Waals surface area contributed by atoms with Crippen molar-refractivity contribution in [2.24, 2.45) is 0 Å². The number of alkyl halides is 2. The summed E-state index contributed by atoms with van der Waals surface area (Å²) in [4.78, 5) is 24.4. The highest BCUT2D eigenvalue weighted by Gasteiger charge is 2.25. The molecule has 0 spiro atoms. The van der Waals surface area contributed by atoms with E-state index in [0.717, 1.165) is 0 Å². The third-order valence-corrected chi connectivity index (χ3v) is 3.48. The summed E-state index contributed by atoms with van der Waals surface area (Å²) in [7, 11) is 1.48. The number of nitrogens with zero attached hydrogens (tertiary/aromatic N) is 1. The van der Waals surface area contributed by atoms with Crippen LogP contribution in [0.1, 0.15) is 31.1 Å². The van der Waals surface area contributed by atoms with E-state index < -0.39 is 22.6 Å². The van der Waals surface area contributed by atoms with Crippen LogP contribution in [0, 0.1) is 0 Å². The van der Waals surface area contributed by atoms with Crippen LogP contribution in [0.5, 0.6) is 5.75 Å². The van der Waals surface area contributed by atoms with E-state index >= 15 is 0 Å². The van der Waals surface area contributed by atoms with Gasteiger partial charge in [0.15, 0.2) is 0 Å². The van der Waals surface area contributed by atoms with Gasteiger partial charge in [-0.1, -0.05) is 0 Å². The maximum atomic E-state index is 13.4. The Bertz CT molecular complexity index is 761. The zero-order chi connectivity index (χ0) is 17.4. The van der Waals surface area contributed by atoms with Crippen LogP contribution in [0.2, 0.25) is 0 Å². The summed E-state index contributed by atoms with van der Waals surface area (Å²) in [5.74, 6) is -0.274. The van der Waals surface area contributed by atoms with Gasteiger partial charge in [-0.3, -0.25) is 9.36 Å². The molecule has 1 unspecified atom stereocenters. The number of halogens is 2. The molecule has 2 rings (SSSR count). The molecule has 2 aromatic rings. The highest BCUT2D eigenvalue weighted by molar-refractivity contribution is 9.09. The van der Waals surface area contributed by atoms with Gasteiger partial charge in [-0.25, -0.2) is 9.18 Å². The lowest BCUT2D eigenvalue weighted by molar-refractivity contribution is 0.0544. The molecule has 7 heteroatoms. The maximum Gasteiger partial charge on any atom is 0.419 e. The minimum Gasteiger partial charge on any atom is -0.497 e. The molecule has 124 valence electrons. The van der Waals surface area contributed by atoms with Crippen molar-refractivity contribution in [3.63, 3.8) is 0 Å². The number of hydrogen-bond acceptors (Lipinski definition) is 4. The number of Topliss-reactive ketones (excluding diaryl/α,β-unsaturated/α-hetero) is 1. The van der Waals surface area contributed by atoms with Crippen LogP contribution in [0.15, 0.2) is 24.4 Å². The first-order valence-corrected chi connectivity index (χ1v) is 7.80. The lowest BCUT2D eigenvalue weighted by Gasteiger charge is -2.19. The van der Waals surface area contributed by atoms with Gasteiger partial charge in [0, 0.05) is 17.1 Å². The number of ether oxygens (including phenoxy) is 2. The smallest absolute Gasteiger partial charge is 0.419 e. The van der Waals surface area contributed by atoms with Gasteiger partial charge in [-0.2, -0.15) is 0 Å². The molecule has 1 aromatic heterocycles. The van der Waals surface area contributed by atoms with Crippen LogP contribution < -0.4 is 4.74 Å². The van der Waals surface area contributed by atoms with Crippen molar-refractivity contribution < 1.29 is 23.5 Å². The number of fused-ring (bicyclic) bond motifs is 1. The van der Waals surface area contributed by atoms with Gasteiger partial charge in [0.05, 0.1) is 12.6 Å². The largest absolute Gasteiger partial charge is 0.497 e. The van der Waals surface area contributed by atoms with Crippen LogP contribution in [0.25, 0.3) is 10.9 Å². The number of methoxy groups -OCH3 is 1. The molecule has 1 aromatic carbocycles. The summed E-state index contributed by atoms with van der Waals surface area (Å²) in [5, 5.41) is -1.44. The number of hydrogen-bond donors (Lipinski definition) is 0. The Hall–Kier alpha value is -1.89. The van der Waals surface area contributed by atoms with E-state index in [2.05, 4.69) is 15.9 Å². The zero-order valence-corrected chi connectivity index (χ0v) is 14.8. The second-order valence-electron chi connectivity index (χ2n) is 5.94. The van der Waals surface area contributed by atoms with E-state index in [0.29, 0.717) is 16.7 Å². The van der Waals surface area contributed by atoms with Crippen LogP contribution in [-0.2, 0) is 4.74 Å². The van der Waals surface area contributed by atoms with Crippen molar-refractivity contribution in [2.45, 2.75) is 31.5 Å². The molecule has 0 amide bonds. The highest BCUT2D eigenvalue weighted by atomic mass is 79.9. The third-order valence-electron chi connectivity index (χ3n) is 3.07. The molecule has 0 fully saturated rings. The van der Waals surface area contributed by atoms with Gasteiger partial charge >= 0.3 is 6.09 Å². The van der Waals surface area contributed by atoms with Crippen LogP contribution >= 0.6 is 15.9 Å². The summed E-state index contributed by atoms with van der Waals surface area (Å²) < 4.78 is 25.0. The van der Waals surface area contributed by atoms with Crippen LogP contribution in [0.4, 0.5) is 9.18 Å². The molecule has 0 saturated carbocycles. The second kappa shape index (κ2) is 6.31. The molecular weight excluding hydrogens is 369 g/mol. The molecular formula is C16H17BrFNO4.